The minimum Gasteiger partial charge on any atom is -0.506 e. The van der Waals surface area contributed by atoms with Gasteiger partial charge < -0.3 is 10.4 Å². The van der Waals surface area contributed by atoms with Gasteiger partial charge in [0.05, 0.1) is 0 Å². The van der Waals surface area contributed by atoms with Gasteiger partial charge in [-0.2, -0.15) is 0 Å². The molecule has 84 valence electrons. The predicted molar refractivity (Wildman–Crippen MR) is 64.6 cm³/mol. The third-order valence-corrected chi connectivity index (χ3v) is 2.47. The standard InChI is InChI=1S/C12H15N3O/c1-2-3-7-13-12-9-5-4-6-10(16)11(9)14-8-15-12/h4-6,8,16H,2-3,7H2,1H3,(H,13,14,15). The van der Waals surface area contributed by atoms with Crippen molar-refractivity contribution in [3.8, 4) is 5.75 Å². The van der Waals surface area contributed by atoms with Crippen LogP contribution in [0.15, 0.2) is 24.5 Å². The average molecular weight is 217 g/mol. The van der Waals surface area contributed by atoms with E-state index in [-0.39, 0.29) is 5.75 Å². The number of benzene rings is 1. The van der Waals surface area contributed by atoms with Gasteiger partial charge in [-0.25, -0.2) is 9.97 Å². The normalized spacial score (nSPS) is 10.6. The van der Waals surface area contributed by atoms with E-state index in [0.29, 0.717) is 5.52 Å². The van der Waals surface area contributed by atoms with Gasteiger partial charge in [0, 0.05) is 11.9 Å². The van der Waals surface area contributed by atoms with Gasteiger partial charge in [-0.3, -0.25) is 0 Å². The number of unbranched alkanes of at least 4 members (excludes halogenated alkanes) is 1. The van der Waals surface area contributed by atoms with Crippen LogP contribution in [0.1, 0.15) is 19.8 Å². The molecule has 0 atom stereocenters. The van der Waals surface area contributed by atoms with Crippen LogP contribution in [0.5, 0.6) is 5.75 Å². The zero-order chi connectivity index (χ0) is 11.4. The number of phenolic OH excluding ortho intramolecular Hbond substituents is 1. The van der Waals surface area contributed by atoms with Gasteiger partial charge in [0.25, 0.3) is 0 Å². The zero-order valence-electron chi connectivity index (χ0n) is 9.27. The highest BCUT2D eigenvalue weighted by atomic mass is 16.3. The Kier molecular flexibility index (Phi) is 3.19. The van der Waals surface area contributed by atoms with Gasteiger partial charge in [-0.15, -0.1) is 0 Å². The van der Waals surface area contributed by atoms with E-state index in [1.165, 1.54) is 6.33 Å². The van der Waals surface area contributed by atoms with Crippen molar-refractivity contribution in [3.63, 3.8) is 0 Å². The van der Waals surface area contributed by atoms with E-state index in [0.717, 1.165) is 30.6 Å². The summed E-state index contributed by atoms with van der Waals surface area (Å²) in [6.07, 6.45) is 3.71. The van der Waals surface area contributed by atoms with Gasteiger partial charge in [0.1, 0.15) is 23.4 Å². The van der Waals surface area contributed by atoms with E-state index in [2.05, 4.69) is 22.2 Å². The summed E-state index contributed by atoms with van der Waals surface area (Å²) in [5, 5.41) is 13.8. The van der Waals surface area contributed by atoms with Gasteiger partial charge in [-0.05, 0) is 18.6 Å². The van der Waals surface area contributed by atoms with Gasteiger partial charge in [-0.1, -0.05) is 19.4 Å². The maximum absolute atomic E-state index is 9.65. The summed E-state index contributed by atoms with van der Waals surface area (Å²) in [6.45, 7) is 3.03. The lowest BCUT2D eigenvalue weighted by atomic mass is 10.2. The Morgan fingerprint density at radius 2 is 2.19 bits per heavy atom. The van der Waals surface area contributed by atoms with E-state index in [4.69, 9.17) is 0 Å². The summed E-state index contributed by atoms with van der Waals surface area (Å²) >= 11 is 0. The average Bonchev–Trinajstić information content (AvgIpc) is 2.31. The Bertz CT molecular complexity index is 485. The van der Waals surface area contributed by atoms with Crippen molar-refractivity contribution >= 4 is 16.7 Å². The fourth-order valence-corrected chi connectivity index (χ4v) is 1.60. The third-order valence-electron chi connectivity index (χ3n) is 2.47. The monoisotopic (exact) mass is 217 g/mol. The molecule has 4 nitrogen and oxygen atoms in total. The van der Waals surface area contributed by atoms with E-state index in [1.807, 2.05) is 6.07 Å². The van der Waals surface area contributed by atoms with Crippen LogP contribution in [0, 0.1) is 0 Å². The number of nitrogens with zero attached hydrogens (tertiary/aromatic N) is 2. The summed E-state index contributed by atoms with van der Waals surface area (Å²) < 4.78 is 0. The summed E-state index contributed by atoms with van der Waals surface area (Å²) in [4.78, 5) is 8.25. The maximum atomic E-state index is 9.65. The summed E-state index contributed by atoms with van der Waals surface area (Å²) in [7, 11) is 0. The summed E-state index contributed by atoms with van der Waals surface area (Å²) in [6, 6.07) is 5.33. The number of fused-ring (bicyclic) bond motifs is 1. The molecule has 2 N–H and O–H groups in total. The molecule has 1 aromatic heterocycles. The highest BCUT2D eigenvalue weighted by Gasteiger charge is 2.05. The first-order valence-electron chi connectivity index (χ1n) is 5.49. The largest absolute Gasteiger partial charge is 0.506 e. The molecular formula is C12H15N3O. The molecule has 2 rings (SSSR count). The number of aromatic nitrogens is 2. The van der Waals surface area contributed by atoms with Crippen LogP contribution in [-0.2, 0) is 0 Å². The molecule has 0 amide bonds. The maximum Gasteiger partial charge on any atom is 0.142 e. The van der Waals surface area contributed by atoms with Crippen LogP contribution in [0.25, 0.3) is 10.9 Å². The van der Waals surface area contributed by atoms with E-state index in [1.54, 1.807) is 12.1 Å². The minimum atomic E-state index is 0.193. The molecule has 0 saturated heterocycles. The molecule has 0 bridgehead atoms. The number of rotatable bonds is 4. The molecule has 0 unspecified atom stereocenters. The molecule has 0 saturated carbocycles. The van der Waals surface area contributed by atoms with Crippen molar-refractivity contribution in [2.24, 2.45) is 0 Å². The lowest BCUT2D eigenvalue weighted by Gasteiger charge is -2.07. The molecule has 0 radical (unpaired) electrons. The SMILES string of the molecule is CCCCNc1ncnc2c(O)cccc12. The fourth-order valence-electron chi connectivity index (χ4n) is 1.60. The van der Waals surface area contributed by atoms with Crippen LogP contribution in [0.4, 0.5) is 5.82 Å². The van der Waals surface area contributed by atoms with Crippen molar-refractivity contribution in [2.75, 3.05) is 11.9 Å². The molecule has 0 aliphatic rings. The highest BCUT2D eigenvalue weighted by Crippen LogP contribution is 2.25. The molecular weight excluding hydrogens is 202 g/mol. The lowest BCUT2D eigenvalue weighted by Crippen LogP contribution is -2.03. The van der Waals surface area contributed by atoms with Gasteiger partial charge in [0.2, 0.25) is 0 Å². The number of aromatic hydroxyl groups is 1. The summed E-state index contributed by atoms with van der Waals surface area (Å²) in [5.74, 6) is 0.979. The van der Waals surface area contributed by atoms with Crippen LogP contribution in [0.2, 0.25) is 0 Å². The van der Waals surface area contributed by atoms with Crippen molar-refractivity contribution in [2.45, 2.75) is 19.8 Å². The minimum absolute atomic E-state index is 0.193. The van der Waals surface area contributed by atoms with Crippen molar-refractivity contribution in [1.82, 2.24) is 9.97 Å². The number of hydrogen-bond acceptors (Lipinski definition) is 4. The number of nitrogens with one attached hydrogen (secondary N) is 1. The summed E-state index contributed by atoms with van der Waals surface area (Å²) in [5.41, 5.74) is 0.594. The number of phenols is 1. The highest BCUT2D eigenvalue weighted by molar-refractivity contribution is 5.92. The molecule has 4 heteroatoms. The van der Waals surface area contributed by atoms with Crippen molar-refractivity contribution < 1.29 is 5.11 Å². The Balaban J connectivity index is 2.34. The Morgan fingerprint density at radius 3 is 3.00 bits per heavy atom. The van der Waals surface area contributed by atoms with Crippen LogP contribution < -0.4 is 5.32 Å². The zero-order valence-corrected chi connectivity index (χ0v) is 9.27. The van der Waals surface area contributed by atoms with Crippen molar-refractivity contribution in [1.29, 1.82) is 0 Å². The smallest absolute Gasteiger partial charge is 0.142 e. The van der Waals surface area contributed by atoms with Gasteiger partial charge in [0.15, 0.2) is 0 Å². The number of para-hydroxylation sites is 1. The topological polar surface area (TPSA) is 58.0 Å². The molecule has 16 heavy (non-hydrogen) atoms. The Hall–Kier alpha value is -1.84. The first kappa shape index (κ1) is 10.7. The Morgan fingerprint density at radius 1 is 1.31 bits per heavy atom. The van der Waals surface area contributed by atoms with Crippen LogP contribution in [0.3, 0.4) is 0 Å². The molecule has 1 aromatic carbocycles. The predicted octanol–water partition coefficient (Wildman–Crippen LogP) is 2.55. The van der Waals surface area contributed by atoms with E-state index >= 15 is 0 Å². The van der Waals surface area contributed by atoms with Gasteiger partial charge >= 0.3 is 0 Å². The molecule has 0 spiro atoms. The Labute approximate surface area is 94.4 Å². The lowest BCUT2D eigenvalue weighted by molar-refractivity contribution is 0.480. The molecule has 1 heterocycles. The fraction of sp³-hybridized carbons (Fsp3) is 0.333. The number of hydrogen-bond donors (Lipinski definition) is 2. The quantitative estimate of drug-likeness (QED) is 0.773. The number of anilines is 1. The van der Waals surface area contributed by atoms with Crippen molar-refractivity contribution in [3.05, 3.63) is 24.5 Å². The molecule has 2 aromatic rings. The second-order valence-corrected chi connectivity index (χ2v) is 3.68. The van der Waals surface area contributed by atoms with Crippen LogP contribution >= 0.6 is 0 Å². The van der Waals surface area contributed by atoms with Crippen LogP contribution in [-0.4, -0.2) is 21.6 Å². The molecule has 0 aliphatic heterocycles. The first-order valence-corrected chi connectivity index (χ1v) is 5.49. The molecule has 0 fully saturated rings. The third kappa shape index (κ3) is 2.05. The second-order valence-electron chi connectivity index (χ2n) is 3.68. The van der Waals surface area contributed by atoms with E-state index < -0.39 is 0 Å². The van der Waals surface area contributed by atoms with E-state index in [9.17, 15) is 5.11 Å². The first-order chi connectivity index (χ1) is 7.83. The second kappa shape index (κ2) is 4.79. The molecule has 0 aliphatic carbocycles.